The first-order valence-corrected chi connectivity index (χ1v) is 8.92. The summed E-state index contributed by atoms with van der Waals surface area (Å²) in [6, 6.07) is 6.35. The predicted octanol–water partition coefficient (Wildman–Crippen LogP) is 2.41. The van der Waals surface area contributed by atoms with E-state index in [2.05, 4.69) is 12.1 Å². The molecule has 1 aromatic carbocycles. The Balaban J connectivity index is 1.53. The number of rotatable bonds is 4. The second-order valence-corrected chi connectivity index (χ2v) is 6.93. The van der Waals surface area contributed by atoms with Crippen LogP contribution in [-0.4, -0.2) is 29.7 Å². The van der Waals surface area contributed by atoms with E-state index in [0.29, 0.717) is 22.5 Å². The second kappa shape index (κ2) is 6.57. The van der Waals surface area contributed by atoms with Crippen LogP contribution in [0.4, 0.5) is 0 Å². The van der Waals surface area contributed by atoms with Crippen LogP contribution in [-0.2, 0) is 6.67 Å². The standard InChI is InChI=1S/C17H21N3O3S/c1-19(13-5-3-2-4-6-13)10-20-17(24)23-16(18-20)12-7-8-14-15(9-12)22-11-21-14/h7-9,13H,2-6,10-11H2,1H3/p+1. The highest BCUT2D eigenvalue weighted by Gasteiger charge is 2.23. The third-order valence-corrected chi connectivity index (χ3v) is 5.22. The molecule has 1 saturated carbocycles. The summed E-state index contributed by atoms with van der Waals surface area (Å²) < 4.78 is 18.2. The highest BCUT2D eigenvalue weighted by atomic mass is 32.1. The van der Waals surface area contributed by atoms with Crippen molar-refractivity contribution in [3.8, 4) is 23.0 Å². The monoisotopic (exact) mass is 348 g/mol. The largest absolute Gasteiger partial charge is 0.454 e. The van der Waals surface area contributed by atoms with E-state index in [1.54, 1.807) is 4.68 Å². The minimum atomic E-state index is 0.256. The molecule has 24 heavy (non-hydrogen) atoms. The van der Waals surface area contributed by atoms with Crippen molar-refractivity contribution < 1.29 is 18.8 Å². The highest BCUT2D eigenvalue weighted by Crippen LogP contribution is 2.35. The van der Waals surface area contributed by atoms with Gasteiger partial charge in [-0.05, 0) is 56.1 Å². The van der Waals surface area contributed by atoms with Gasteiger partial charge in [-0.1, -0.05) is 6.42 Å². The van der Waals surface area contributed by atoms with Crippen molar-refractivity contribution in [1.29, 1.82) is 0 Å². The lowest BCUT2D eigenvalue weighted by molar-refractivity contribution is -0.930. The lowest BCUT2D eigenvalue weighted by Crippen LogP contribution is -3.12. The summed E-state index contributed by atoms with van der Waals surface area (Å²) >= 11 is 5.36. The van der Waals surface area contributed by atoms with Crippen LogP contribution in [0.2, 0.25) is 0 Å². The maximum Gasteiger partial charge on any atom is 0.292 e. The molecule has 2 aliphatic rings. The van der Waals surface area contributed by atoms with Gasteiger partial charge in [0.2, 0.25) is 12.7 Å². The third-order valence-electron chi connectivity index (χ3n) is 4.93. The molecule has 1 aliphatic carbocycles. The number of nitrogens with zero attached hydrogens (tertiary/aromatic N) is 2. The number of fused-ring (bicyclic) bond motifs is 1. The molecule has 1 atom stereocenters. The number of benzene rings is 1. The van der Waals surface area contributed by atoms with E-state index in [-0.39, 0.29) is 6.79 Å². The Hall–Kier alpha value is -1.86. The SMILES string of the molecule is C[NH+](Cn1nc(-c2ccc3c(c2)OCO3)oc1=S)C1CCCCC1. The van der Waals surface area contributed by atoms with Crippen LogP contribution in [0.5, 0.6) is 11.5 Å². The van der Waals surface area contributed by atoms with Gasteiger partial charge in [0.25, 0.3) is 4.84 Å². The van der Waals surface area contributed by atoms with E-state index in [1.165, 1.54) is 37.0 Å². The van der Waals surface area contributed by atoms with E-state index in [1.807, 2.05) is 18.2 Å². The van der Waals surface area contributed by atoms with Crippen molar-refractivity contribution in [2.45, 2.75) is 44.8 Å². The maximum absolute atomic E-state index is 5.71. The summed E-state index contributed by atoms with van der Waals surface area (Å²) in [4.78, 5) is 1.86. The number of hydrogen-bond donors (Lipinski definition) is 1. The van der Waals surface area contributed by atoms with Crippen molar-refractivity contribution >= 4 is 12.2 Å². The van der Waals surface area contributed by atoms with Crippen molar-refractivity contribution in [1.82, 2.24) is 9.78 Å². The number of aromatic nitrogens is 2. The van der Waals surface area contributed by atoms with Crippen molar-refractivity contribution in [3.63, 3.8) is 0 Å². The van der Waals surface area contributed by atoms with Crippen molar-refractivity contribution in [2.75, 3.05) is 13.8 Å². The molecule has 0 saturated heterocycles. The van der Waals surface area contributed by atoms with E-state index < -0.39 is 0 Å². The Bertz CT molecular complexity index is 780. The zero-order valence-electron chi connectivity index (χ0n) is 13.8. The number of quaternary nitrogens is 1. The molecule has 1 N–H and O–H groups in total. The lowest BCUT2D eigenvalue weighted by Gasteiger charge is -2.27. The van der Waals surface area contributed by atoms with E-state index >= 15 is 0 Å². The van der Waals surface area contributed by atoms with Gasteiger partial charge in [0.05, 0.1) is 13.1 Å². The molecule has 128 valence electrons. The Kier molecular flexibility index (Phi) is 4.28. The van der Waals surface area contributed by atoms with Gasteiger partial charge in [-0.15, -0.1) is 5.10 Å². The predicted molar refractivity (Wildman–Crippen MR) is 90.6 cm³/mol. The fourth-order valence-electron chi connectivity index (χ4n) is 3.51. The van der Waals surface area contributed by atoms with Crippen molar-refractivity contribution in [2.24, 2.45) is 0 Å². The van der Waals surface area contributed by atoms with Crippen LogP contribution < -0.4 is 14.4 Å². The molecule has 2 heterocycles. The highest BCUT2D eigenvalue weighted by molar-refractivity contribution is 7.71. The van der Waals surface area contributed by atoms with Gasteiger partial charge in [0.15, 0.2) is 18.2 Å². The lowest BCUT2D eigenvalue weighted by atomic mass is 9.95. The molecular formula is C17H22N3O3S+. The molecule has 1 aliphatic heterocycles. The molecule has 0 amide bonds. The van der Waals surface area contributed by atoms with Crippen LogP contribution in [0.1, 0.15) is 32.1 Å². The third kappa shape index (κ3) is 3.06. The molecule has 0 bridgehead atoms. The van der Waals surface area contributed by atoms with Crippen LogP contribution in [0.25, 0.3) is 11.5 Å². The Labute approximate surface area is 146 Å². The maximum atomic E-state index is 5.71. The van der Waals surface area contributed by atoms with E-state index in [0.717, 1.165) is 18.0 Å². The van der Waals surface area contributed by atoms with Gasteiger partial charge in [-0.25, -0.2) is 0 Å². The number of nitrogens with one attached hydrogen (secondary N) is 1. The van der Waals surface area contributed by atoms with Gasteiger partial charge < -0.3 is 18.8 Å². The van der Waals surface area contributed by atoms with E-state index in [9.17, 15) is 0 Å². The van der Waals surface area contributed by atoms with Gasteiger partial charge >= 0.3 is 0 Å². The Morgan fingerprint density at radius 1 is 1.21 bits per heavy atom. The summed E-state index contributed by atoms with van der Waals surface area (Å²) in [5.74, 6) is 1.99. The van der Waals surface area contributed by atoms with Gasteiger partial charge in [-0.2, -0.15) is 4.68 Å². The second-order valence-electron chi connectivity index (χ2n) is 6.58. The van der Waals surface area contributed by atoms with E-state index in [4.69, 9.17) is 26.1 Å². The summed E-state index contributed by atoms with van der Waals surface area (Å²) in [7, 11) is 2.21. The smallest absolute Gasteiger partial charge is 0.292 e. The minimum Gasteiger partial charge on any atom is -0.454 e. The first-order valence-electron chi connectivity index (χ1n) is 8.51. The quantitative estimate of drug-likeness (QED) is 0.860. The van der Waals surface area contributed by atoms with Crippen molar-refractivity contribution in [3.05, 3.63) is 23.0 Å². The molecule has 0 radical (unpaired) electrons. The average Bonchev–Trinajstić information content (AvgIpc) is 3.22. The fourth-order valence-corrected chi connectivity index (χ4v) is 3.70. The zero-order valence-corrected chi connectivity index (χ0v) is 14.6. The topological polar surface area (TPSA) is 53.9 Å². The Morgan fingerprint density at radius 3 is 2.83 bits per heavy atom. The van der Waals surface area contributed by atoms with Crippen LogP contribution in [0.3, 0.4) is 0 Å². The summed E-state index contributed by atoms with van der Waals surface area (Å²) in [5.41, 5.74) is 0.847. The molecule has 7 heteroatoms. The fraction of sp³-hybridized carbons (Fsp3) is 0.529. The number of hydrogen-bond acceptors (Lipinski definition) is 5. The Morgan fingerprint density at radius 2 is 2.00 bits per heavy atom. The van der Waals surface area contributed by atoms with Gasteiger partial charge in [0.1, 0.15) is 0 Å². The summed E-state index contributed by atoms with van der Waals surface area (Å²) in [6.07, 6.45) is 6.59. The van der Waals surface area contributed by atoms with Gasteiger partial charge in [-0.3, -0.25) is 0 Å². The van der Waals surface area contributed by atoms with Crippen LogP contribution >= 0.6 is 12.2 Å². The molecule has 0 spiro atoms. The molecule has 1 fully saturated rings. The van der Waals surface area contributed by atoms with Gasteiger partial charge in [0, 0.05) is 5.56 Å². The first-order chi connectivity index (χ1) is 11.7. The molecule has 4 rings (SSSR count). The molecular weight excluding hydrogens is 326 g/mol. The normalized spacial score (nSPS) is 18.7. The molecule has 6 nitrogen and oxygen atoms in total. The summed E-state index contributed by atoms with van der Waals surface area (Å²) in [5, 5.41) is 4.57. The average molecular weight is 348 g/mol. The first kappa shape index (κ1) is 15.7. The molecule has 1 unspecified atom stereocenters. The molecule has 1 aromatic heterocycles. The van der Waals surface area contributed by atoms with Crippen LogP contribution in [0, 0.1) is 4.84 Å². The molecule has 2 aromatic rings. The minimum absolute atomic E-state index is 0.256. The number of ether oxygens (including phenoxy) is 2. The summed E-state index contributed by atoms with van der Waals surface area (Å²) in [6.45, 7) is 0.990. The zero-order chi connectivity index (χ0) is 16.5. The van der Waals surface area contributed by atoms with Crippen LogP contribution in [0.15, 0.2) is 22.6 Å².